The van der Waals surface area contributed by atoms with Gasteiger partial charge >= 0.3 is 0 Å². The predicted molar refractivity (Wildman–Crippen MR) is 36.5 cm³/mol. The number of allylic oxidation sites excluding steroid dienone is 1. The minimum absolute atomic E-state index is 0.523. The summed E-state index contributed by atoms with van der Waals surface area (Å²) < 4.78 is 9.85. The van der Waals surface area contributed by atoms with Crippen LogP contribution in [0.5, 0.6) is 0 Å². The molecule has 0 aromatic carbocycles. The van der Waals surface area contributed by atoms with E-state index < -0.39 is 0 Å². The van der Waals surface area contributed by atoms with Crippen LogP contribution in [0.1, 0.15) is 0 Å². The molecule has 0 spiro atoms. The van der Waals surface area contributed by atoms with Gasteiger partial charge in [0.15, 0.2) is 0 Å². The predicted octanol–water partition coefficient (Wildman–Crippen LogP) is 0.0946. The summed E-state index contributed by atoms with van der Waals surface area (Å²) in [6.07, 6.45) is 3.29. The molecular weight excluding hydrogens is 132 g/mol. The highest BCUT2D eigenvalue weighted by molar-refractivity contribution is 5.73. The summed E-state index contributed by atoms with van der Waals surface area (Å²) in [4.78, 5) is 0. The van der Waals surface area contributed by atoms with E-state index in [0.29, 0.717) is 19.1 Å². The van der Waals surface area contributed by atoms with Crippen LogP contribution >= 0.6 is 0 Å². The van der Waals surface area contributed by atoms with Gasteiger partial charge in [0.1, 0.15) is 6.61 Å². The van der Waals surface area contributed by atoms with Gasteiger partial charge in [-0.3, -0.25) is 0 Å². The van der Waals surface area contributed by atoms with Gasteiger partial charge in [0.2, 0.25) is 5.88 Å². The first-order chi connectivity index (χ1) is 4.93. The zero-order valence-corrected chi connectivity index (χ0v) is 5.78. The second kappa shape index (κ2) is 3.90. The fourth-order valence-corrected chi connectivity index (χ4v) is 0.527. The second-order valence-corrected chi connectivity index (χ2v) is 1.71. The molecule has 1 radical (unpaired) electrons. The van der Waals surface area contributed by atoms with Crippen molar-refractivity contribution in [2.24, 2.45) is 5.10 Å². The average Bonchev–Trinajstić information content (AvgIpc) is 2.41. The quantitative estimate of drug-likeness (QED) is 0.521. The molecule has 0 fully saturated rings. The molecule has 1 rings (SSSR count). The minimum atomic E-state index is 0.523. The van der Waals surface area contributed by atoms with Gasteiger partial charge in [-0.05, 0) is 0 Å². The molecule has 0 saturated carbocycles. The van der Waals surface area contributed by atoms with Crippen molar-refractivity contribution >= 4 is 6.21 Å². The van der Waals surface area contributed by atoms with Crippen LogP contribution in [0.25, 0.3) is 0 Å². The number of hydrogen-bond acceptors (Lipinski definition) is 3. The van der Waals surface area contributed by atoms with Gasteiger partial charge in [0, 0.05) is 13.2 Å². The molecule has 1 aliphatic heterocycles. The van der Waals surface area contributed by atoms with Crippen LogP contribution in [-0.4, -0.2) is 26.5 Å². The SMILES string of the molecule is COCCOC1=CC=N[N]1. The molecule has 0 N–H and O–H groups in total. The minimum Gasteiger partial charge on any atom is -0.474 e. The first-order valence-corrected chi connectivity index (χ1v) is 2.99. The third kappa shape index (κ3) is 2.06. The molecule has 4 heteroatoms. The van der Waals surface area contributed by atoms with E-state index in [1.54, 1.807) is 19.4 Å². The zero-order chi connectivity index (χ0) is 7.23. The Kier molecular flexibility index (Phi) is 2.76. The average molecular weight is 141 g/mol. The van der Waals surface area contributed by atoms with Crippen LogP contribution in [0, 0.1) is 0 Å². The van der Waals surface area contributed by atoms with Crippen LogP contribution in [0.3, 0.4) is 0 Å². The number of methoxy groups -OCH3 is 1. The van der Waals surface area contributed by atoms with Crippen LogP contribution in [0.4, 0.5) is 0 Å². The van der Waals surface area contributed by atoms with E-state index in [4.69, 9.17) is 9.47 Å². The van der Waals surface area contributed by atoms with E-state index in [1.807, 2.05) is 0 Å². The number of hydrogen-bond donors (Lipinski definition) is 0. The maximum Gasteiger partial charge on any atom is 0.235 e. The summed E-state index contributed by atoms with van der Waals surface area (Å²) >= 11 is 0. The molecular formula is C6H9N2O2. The summed E-state index contributed by atoms with van der Waals surface area (Å²) in [6.45, 7) is 1.10. The molecule has 1 heterocycles. The largest absolute Gasteiger partial charge is 0.474 e. The lowest BCUT2D eigenvalue weighted by Gasteiger charge is -2.02. The Balaban J connectivity index is 2.04. The van der Waals surface area contributed by atoms with E-state index in [9.17, 15) is 0 Å². The van der Waals surface area contributed by atoms with E-state index in [1.165, 1.54) is 0 Å². The lowest BCUT2D eigenvalue weighted by molar-refractivity contribution is 0.102. The Bertz CT molecular complexity index is 154. The van der Waals surface area contributed by atoms with Gasteiger partial charge in [-0.25, -0.2) is 0 Å². The van der Waals surface area contributed by atoms with Crippen molar-refractivity contribution in [3.63, 3.8) is 0 Å². The van der Waals surface area contributed by atoms with Crippen molar-refractivity contribution in [2.45, 2.75) is 0 Å². The van der Waals surface area contributed by atoms with E-state index in [2.05, 4.69) is 10.5 Å². The van der Waals surface area contributed by atoms with Crippen LogP contribution in [0.2, 0.25) is 0 Å². The monoisotopic (exact) mass is 141 g/mol. The first-order valence-electron chi connectivity index (χ1n) is 2.99. The zero-order valence-electron chi connectivity index (χ0n) is 5.78. The third-order valence-electron chi connectivity index (χ3n) is 0.977. The molecule has 0 atom stereocenters. The van der Waals surface area contributed by atoms with Crippen molar-refractivity contribution in [3.8, 4) is 0 Å². The normalized spacial score (nSPS) is 14.7. The first kappa shape index (κ1) is 7.08. The van der Waals surface area contributed by atoms with Gasteiger partial charge < -0.3 is 9.47 Å². The van der Waals surface area contributed by atoms with Gasteiger partial charge in [-0.2, -0.15) is 5.10 Å². The Hall–Kier alpha value is -1.03. The number of nitrogens with zero attached hydrogens (tertiary/aromatic N) is 2. The Morgan fingerprint density at radius 2 is 2.40 bits per heavy atom. The van der Waals surface area contributed by atoms with Gasteiger partial charge in [0.05, 0.1) is 12.8 Å². The van der Waals surface area contributed by atoms with E-state index in [-0.39, 0.29) is 0 Å². The molecule has 0 aromatic heterocycles. The summed E-state index contributed by atoms with van der Waals surface area (Å²) in [6, 6.07) is 0. The third-order valence-corrected chi connectivity index (χ3v) is 0.977. The molecule has 0 saturated heterocycles. The highest BCUT2D eigenvalue weighted by Crippen LogP contribution is 1.97. The maximum atomic E-state index is 5.09. The Morgan fingerprint density at radius 1 is 1.50 bits per heavy atom. The standard InChI is InChI=1S/C6H9N2O2/c1-9-4-5-10-6-2-3-7-8-6/h2-3H,4-5H2,1H3. The summed E-state index contributed by atoms with van der Waals surface area (Å²) in [7, 11) is 1.63. The van der Waals surface area contributed by atoms with E-state index in [0.717, 1.165) is 0 Å². The maximum absolute atomic E-state index is 5.09. The lowest BCUT2D eigenvalue weighted by Crippen LogP contribution is -2.04. The molecule has 0 amide bonds. The molecule has 0 unspecified atom stereocenters. The molecule has 4 nitrogen and oxygen atoms in total. The smallest absolute Gasteiger partial charge is 0.235 e. The molecule has 10 heavy (non-hydrogen) atoms. The van der Waals surface area contributed by atoms with Crippen LogP contribution in [-0.2, 0) is 9.47 Å². The highest BCUT2D eigenvalue weighted by Gasteiger charge is 2.00. The van der Waals surface area contributed by atoms with Gasteiger partial charge in [-0.15, -0.1) is 5.43 Å². The molecule has 0 aliphatic carbocycles. The van der Waals surface area contributed by atoms with Crippen LogP contribution < -0.4 is 5.43 Å². The van der Waals surface area contributed by atoms with Crippen molar-refractivity contribution in [3.05, 3.63) is 12.0 Å². The topological polar surface area (TPSA) is 44.9 Å². The Morgan fingerprint density at radius 3 is 3.00 bits per heavy atom. The number of ether oxygens (including phenoxy) is 2. The number of rotatable bonds is 4. The second-order valence-electron chi connectivity index (χ2n) is 1.71. The van der Waals surface area contributed by atoms with Crippen molar-refractivity contribution < 1.29 is 9.47 Å². The fraction of sp³-hybridized carbons (Fsp3) is 0.500. The van der Waals surface area contributed by atoms with Gasteiger partial charge in [-0.1, -0.05) is 0 Å². The fourth-order valence-electron chi connectivity index (χ4n) is 0.527. The van der Waals surface area contributed by atoms with Crippen molar-refractivity contribution in [2.75, 3.05) is 20.3 Å². The van der Waals surface area contributed by atoms with E-state index >= 15 is 0 Å². The van der Waals surface area contributed by atoms with Crippen molar-refractivity contribution in [1.29, 1.82) is 0 Å². The summed E-state index contributed by atoms with van der Waals surface area (Å²) in [5, 5.41) is 3.59. The Labute approximate surface area is 59.5 Å². The summed E-state index contributed by atoms with van der Waals surface area (Å²) in [5.41, 5.74) is 3.66. The molecule has 0 bridgehead atoms. The molecule has 55 valence electrons. The van der Waals surface area contributed by atoms with Gasteiger partial charge in [0.25, 0.3) is 0 Å². The lowest BCUT2D eigenvalue weighted by atomic mass is 10.6. The molecule has 0 aromatic rings. The molecule has 1 aliphatic rings. The van der Waals surface area contributed by atoms with Crippen LogP contribution in [0.15, 0.2) is 17.1 Å². The van der Waals surface area contributed by atoms with Crippen molar-refractivity contribution in [1.82, 2.24) is 5.43 Å². The highest BCUT2D eigenvalue weighted by atomic mass is 16.5. The summed E-state index contributed by atoms with van der Waals surface area (Å²) in [5.74, 6) is 0.553.